The highest BCUT2D eigenvalue weighted by molar-refractivity contribution is 5.30. The quantitative estimate of drug-likeness (QED) is 0.842. The highest BCUT2D eigenvalue weighted by Gasteiger charge is 2.02. The van der Waals surface area contributed by atoms with Crippen molar-refractivity contribution in [1.29, 1.82) is 0 Å². The zero-order chi connectivity index (χ0) is 12.4. The summed E-state index contributed by atoms with van der Waals surface area (Å²) in [4.78, 5) is 25.5. The second-order valence-electron chi connectivity index (χ2n) is 4.13. The highest BCUT2D eigenvalue weighted by Crippen LogP contribution is 2.09. The fourth-order valence-electron chi connectivity index (χ4n) is 1.69. The molecule has 0 aliphatic rings. The van der Waals surface area contributed by atoms with Gasteiger partial charge in [-0.2, -0.15) is 0 Å². The summed E-state index contributed by atoms with van der Waals surface area (Å²) in [5.41, 5.74) is 2.64. The zero-order valence-corrected chi connectivity index (χ0v) is 9.86. The average molecular weight is 230 g/mol. The van der Waals surface area contributed by atoms with Crippen LogP contribution in [0.25, 0.3) is 0 Å². The Morgan fingerprint density at radius 3 is 2.53 bits per heavy atom. The summed E-state index contributed by atoms with van der Waals surface area (Å²) in [6, 6.07) is 7.27. The Kier molecular flexibility index (Phi) is 2.95. The van der Waals surface area contributed by atoms with E-state index in [0.717, 1.165) is 11.1 Å². The van der Waals surface area contributed by atoms with Gasteiger partial charge < -0.3 is 4.98 Å². The van der Waals surface area contributed by atoms with E-state index in [-0.39, 0.29) is 11.2 Å². The molecule has 0 amide bonds. The van der Waals surface area contributed by atoms with Crippen LogP contribution >= 0.6 is 0 Å². The fraction of sp³-hybridized carbons (Fsp3) is 0.231. The number of nitrogens with zero attached hydrogens (tertiary/aromatic N) is 1. The van der Waals surface area contributed by atoms with Gasteiger partial charge in [0.1, 0.15) is 0 Å². The van der Waals surface area contributed by atoms with E-state index in [2.05, 4.69) is 4.98 Å². The van der Waals surface area contributed by atoms with Crippen molar-refractivity contribution in [1.82, 2.24) is 9.55 Å². The number of hydrogen-bond acceptors (Lipinski definition) is 2. The number of hydrogen-bond donors (Lipinski definition) is 1. The first-order valence-electron chi connectivity index (χ1n) is 5.42. The summed E-state index contributed by atoms with van der Waals surface area (Å²) < 4.78 is 1.18. The summed E-state index contributed by atoms with van der Waals surface area (Å²) in [5, 5.41) is 0. The molecule has 0 radical (unpaired) electrons. The molecule has 1 heterocycles. The molecule has 0 saturated carbocycles. The summed E-state index contributed by atoms with van der Waals surface area (Å²) in [6.45, 7) is 4.34. The molecule has 0 atom stereocenters. The Bertz CT molecular complexity index is 625. The van der Waals surface area contributed by atoms with Crippen LogP contribution in [0.3, 0.4) is 0 Å². The molecule has 0 fully saturated rings. The van der Waals surface area contributed by atoms with E-state index in [1.165, 1.54) is 22.4 Å². The van der Waals surface area contributed by atoms with Crippen molar-refractivity contribution in [3.63, 3.8) is 0 Å². The number of aromatic amines is 1. The molecular weight excluding hydrogens is 216 g/mol. The minimum atomic E-state index is -0.379. The normalized spacial score (nSPS) is 10.5. The molecular formula is C13H14N2O2. The summed E-state index contributed by atoms with van der Waals surface area (Å²) in [6.07, 6.45) is 1.36. The smallest absolute Gasteiger partial charge is 0.314 e. The third-order valence-electron chi connectivity index (χ3n) is 2.86. The number of rotatable bonds is 2. The molecule has 88 valence electrons. The first-order valence-corrected chi connectivity index (χ1v) is 5.42. The number of nitrogens with one attached hydrogen (secondary N) is 1. The lowest BCUT2D eigenvalue weighted by atomic mass is 10.1. The summed E-state index contributed by atoms with van der Waals surface area (Å²) >= 11 is 0. The SMILES string of the molecule is Cc1ccc(Cn2c(=O)cc[nH]c2=O)cc1C. The van der Waals surface area contributed by atoms with Gasteiger partial charge in [-0.15, -0.1) is 0 Å². The van der Waals surface area contributed by atoms with Gasteiger partial charge in [0.15, 0.2) is 0 Å². The number of aromatic nitrogens is 2. The van der Waals surface area contributed by atoms with Crippen LogP contribution in [0.1, 0.15) is 16.7 Å². The van der Waals surface area contributed by atoms with E-state index in [1.54, 1.807) is 0 Å². The lowest BCUT2D eigenvalue weighted by Gasteiger charge is -2.06. The van der Waals surface area contributed by atoms with Crippen LogP contribution in [0.4, 0.5) is 0 Å². The molecule has 1 aromatic carbocycles. The van der Waals surface area contributed by atoms with Gasteiger partial charge >= 0.3 is 5.69 Å². The minimum Gasteiger partial charge on any atom is -0.314 e. The van der Waals surface area contributed by atoms with Crippen LogP contribution in [-0.4, -0.2) is 9.55 Å². The molecule has 0 aliphatic heterocycles. The van der Waals surface area contributed by atoms with Crippen molar-refractivity contribution >= 4 is 0 Å². The maximum absolute atomic E-state index is 11.5. The van der Waals surface area contributed by atoms with Gasteiger partial charge in [-0.05, 0) is 30.5 Å². The second-order valence-corrected chi connectivity index (χ2v) is 4.13. The van der Waals surface area contributed by atoms with Crippen molar-refractivity contribution in [2.24, 2.45) is 0 Å². The zero-order valence-electron chi connectivity index (χ0n) is 9.86. The Balaban J connectivity index is 2.42. The average Bonchev–Trinajstić information content (AvgIpc) is 2.28. The Hall–Kier alpha value is -2.10. The lowest BCUT2D eigenvalue weighted by Crippen LogP contribution is -2.34. The van der Waals surface area contributed by atoms with E-state index >= 15 is 0 Å². The molecule has 0 saturated heterocycles. The predicted octanol–water partition coefficient (Wildman–Crippen LogP) is 1.20. The van der Waals surface area contributed by atoms with Gasteiger partial charge in [0.2, 0.25) is 0 Å². The Morgan fingerprint density at radius 1 is 1.12 bits per heavy atom. The maximum atomic E-state index is 11.5. The molecule has 4 nitrogen and oxygen atoms in total. The fourth-order valence-corrected chi connectivity index (χ4v) is 1.69. The van der Waals surface area contributed by atoms with E-state index < -0.39 is 0 Å². The molecule has 1 N–H and O–H groups in total. The third-order valence-corrected chi connectivity index (χ3v) is 2.86. The van der Waals surface area contributed by atoms with Crippen molar-refractivity contribution < 1.29 is 0 Å². The summed E-state index contributed by atoms with van der Waals surface area (Å²) in [5.74, 6) is 0. The predicted molar refractivity (Wildman–Crippen MR) is 66.3 cm³/mol. The van der Waals surface area contributed by atoms with E-state index in [4.69, 9.17) is 0 Å². The minimum absolute atomic E-state index is 0.285. The van der Waals surface area contributed by atoms with Gasteiger partial charge in [0.05, 0.1) is 6.54 Å². The molecule has 0 unspecified atom stereocenters. The Morgan fingerprint density at radius 2 is 1.88 bits per heavy atom. The van der Waals surface area contributed by atoms with E-state index in [0.29, 0.717) is 6.54 Å². The maximum Gasteiger partial charge on any atom is 0.328 e. The lowest BCUT2D eigenvalue weighted by molar-refractivity contribution is 0.698. The molecule has 4 heteroatoms. The third kappa shape index (κ3) is 2.36. The molecule has 0 aliphatic carbocycles. The van der Waals surface area contributed by atoms with E-state index in [1.807, 2.05) is 32.0 Å². The molecule has 0 spiro atoms. The van der Waals surface area contributed by atoms with Gasteiger partial charge in [0, 0.05) is 12.3 Å². The van der Waals surface area contributed by atoms with Crippen molar-refractivity contribution in [2.45, 2.75) is 20.4 Å². The number of aryl methyl sites for hydroxylation is 2. The highest BCUT2D eigenvalue weighted by atomic mass is 16.2. The van der Waals surface area contributed by atoms with Crippen molar-refractivity contribution in [3.05, 3.63) is 68.0 Å². The standard InChI is InChI=1S/C13H14N2O2/c1-9-3-4-11(7-10(9)2)8-15-12(16)5-6-14-13(15)17/h3-7H,8H2,1-2H3,(H,14,17). The first kappa shape index (κ1) is 11.4. The molecule has 17 heavy (non-hydrogen) atoms. The molecule has 2 aromatic rings. The van der Waals surface area contributed by atoms with E-state index in [9.17, 15) is 9.59 Å². The van der Waals surface area contributed by atoms with Gasteiger partial charge in [0.25, 0.3) is 5.56 Å². The first-order chi connectivity index (χ1) is 8.08. The number of benzene rings is 1. The molecule has 1 aromatic heterocycles. The van der Waals surface area contributed by atoms with Gasteiger partial charge in [-0.3, -0.25) is 9.36 Å². The van der Waals surface area contributed by atoms with Gasteiger partial charge in [-0.1, -0.05) is 18.2 Å². The van der Waals surface area contributed by atoms with Crippen LogP contribution in [0, 0.1) is 13.8 Å². The summed E-state index contributed by atoms with van der Waals surface area (Å²) in [7, 11) is 0. The van der Waals surface area contributed by atoms with Crippen LogP contribution in [0.2, 0.25) is 0 Å². The van der Waals surface area contributed by atoms with Crippen molar-refractivity contribution in [3.8, 4) is 0 Å². The topological polar surface area (TPSA) is 54.9 Å². The molecule has 2 rings (SSSR count). The largest absolute Gasteiger partial charge is 0.328 e. The number of H-pyrrole nitrogens is 1. The Labute approximate surface area is 98.6 Å². The second kappa shape index (κ2) is 4.41. The van der Waals surface area contributed by atoms with Crippen LogP contribution in [0.5, 0.6) is 0 Å². The monoisotopic (exact) mass is 230 g/mol. The van der Waals surface area contributed by atoms with Crippen molar-refractivity contribution in [2.75, 3.05) is 0 Å². The molecule has 0 bridgehead atoms. The van der Waals surface area contributed by atoms with Crippen LogP contribution in [-0.2, 0) is 6.54 Å². The van der Waals surface area contributed by atoms with Crippen LogP contribution in [0.15, 0.2) is 40.1 Å². The van der Waals surface area contributed by atoms with Gasteiger partial charge in [-0.25, -0.2) is 4.79 Å². The van der Waals surface area contributed by atoms with Crippen LogP contribution < -0.4 is 11.2 Å².